The molecule has 2 saturated heterocycles. The highest BCUT2D eigenvalue weighted by Gasteiger charge is 2.64. The minimum atomic E-state index is -2.27. The molecule has 2 aromatic rings. The van der Waals surface area contributed by atoms with Gasteiger partial charge in [0.1, 0.15) is 38.2 Å². The molecule has 0 saturated carbocycles. The zero-order valence-electron chi connectivity index (χ0n) is 26.6. The molecule has 3 aliphatic heterocycles. The van der Waals surface area contributed by atoms with Gasteiger partial charge in [0.25, 0.3) is 0 Å². The number of nitrogens with zero attached hydrogens (tertiary/aromatic N) is 2. The van der Waals surface area contributed by atoms with Crippen LogP contribution in [0.2, 0.25) is 0 Å². The van der Waals surface area contributed by atoms with E-state index in [0.717, 1.165) is 12.8 Å². The van der Waals surface area contributed by atoms with Gasteiger partial charge in [-0.3, -0.25) is 18.7 Å². The Kier molecular flexibility index (Phi) is 11.0. The fourth-order valence-electron chi connectivity index (χ4n) is 5.73. The minimum Gasteiger partial charge on any atom is -0.396 e. The second-order valence-electron chi connectivity index (χ2n) is 12.0. The van der Waals surface area contributed by atoms with Crippen LogP contribution in [0.1, 0.15) is 87.6 Å². The largest absolute Gasteiger partial charge is 0.519 e. The number of rotatable bonds is 6. The van der Waals surface area contributed by atoms with E-state index in [1.807, 2.05) is 0 Å². The monoisotopic (exact) mass is 706 g/mol. The zero-order chi connectivity index (χ0) is 33.9. The second-order valence-corrected chi connectivity index (χ2v) is 15.5. The summed E-state index contributed by atoms with van der Waals surface area (Å²) in [6, 6.07) is -0.712. The Labute approximate surface area is 282 Å². The molecule has 2 aromatic heterocycles. The van der Waals surface area contributed by atoms with Gasteiger partial charge >= 0.3 is 5.82 Å². The highest BCUT2D eigenvalue weighted by molar-refractivity contribution is 8.13. The molecular weight excluding hydrogens is 669 g/mol. The van der Waals surface area contributed by atoms with Gasteiger partial charge in [0.05, 0.1) is 23.9 Å². The Morgan fingerprint density at radius 3 is 2.70 bits per heavy atom. The maximum Gasteiger partial charge on any atom is 0.519 e. The van der Waals surface area contributed by atoms with Gasteiger partial charge in [-0.15, -0.1) is 11.3 Å². The maximum atomic E-state index is 14.5. The lowest BCUT2D eigenvalue weighted by Crippen LogP contribution is -2.58. The standard InChI is InChI=1S/C32H38N2O10S3/c1-19-12-13-32(31(4,39)29(37)46-18-25-21(3)42-30(38)44-25)16-26(36)34(47(32)40)20(2)28-33-22(17-45-28)9-5-6-10-23(35)24(15-19)43-27-11-7-8-14-41-27/h5-6,9-10,15,17,20,24,27,39H,7-8,11-14,16,18H2,1-4H3/b9-5-,10-6+,19-15+/t20-,24-,27-,31+,32-,47+/m1/s1. The van der Waals surface area contributed by atoms with E-state index < -0.39 is 56.6 Å². The highest BCUT2D eigenvalue weighted by atomic mass is 32.2. The molecule has 2 fully saturated rings. The minimum absolute atomic E-state index is 0.0304. The average molecular weight is 707 g/mol. The summed E-state index contributed by atoms with van der Waals surface area (Å²) >= 11 is 1.96. The Bertz CT molecular complexity index is 1680. The first-order chi connectivity index (χ1) is 22.3. The molecule has 15 heteroatoms. The van der Waals surface area contributed by atoms with Gasteiger partial charge < -0.3 is 23.4 Å². The molecule has 3 aliphatic rings. The van der Waals surface area contributed by atoms with E-state index >= 15 is 0 Å². The number of ketones is 1. The summed E-state index contributed by atoms with van der Waals surface area (Å²) in [7, 11) is -2.18. The van der Waals surface area contributed by atoms with Crippen LogP contribution in [0.5, 0.6) is 0 Å². The van der Waals surface area contributed by atoms with Crippen molar-refractivity contribution >= 4 is 57.0 Å². The molecule has 5 heterocycles. The summed E-state index contributed by atoms with van der Waals surface area (Å²) in [6.07, 6.45) is 8.85. The molecule has 0 aromatic carbocycles. The summed E-state index contributed by atoms with van der Waals surface area (Å²) in [5.74, 6) is -1.49. The zero-order valence-corrected chi connectivity index (χ0v) is 29.0. The Morgan fingerprint density at radius 2 is 2.00 bits per heavy atom. The fourth-order valence-corrected chi connectivity index (χ4v) is 9.66. The highest BCUT2D eigenvalue weighted by Crippen LogP contribution is 2.48. The Morgan fingerprint density at radius 1 is 1.23 bits per heavy atom. The van der Waals surface area contributed by atoms with Crippen molar-refractivity contribution in [2.45, 2.75) is 101 Å². The molecule has 0 spiro atoms. The van der Waals surface area contributed by atoms with E-state index in [1.54, 1.807) is 43.5 Å². The average Bonchev–Trinajstić information content (AvgIpc) is 3.71. The number of aromatic nitrogens is 1. The predicted molar refractivity (Wildman–Crippen MR) is 176 cm³/mol. The quantitative estimate of drug-likeness (QED) is 0.412. The van der Waals surface area contributed by atoms with Gasteiger partial charge in [-0.1, -0.05) is 29.5 Å². The predicted octanol–water partition coefficient (Wildman–Crippen LogP) is 4.69. The first-order valence-corrected chi connectivity index (χ1v) is 18.3. The second kappa shape index (κ2) is 14.7. The summed E-state index contributed by atoms with van der Waals surface area (Å²) < 4.78 is 35.7. The van der Waals surface area contributed by atoms with Gasteiger partial charge in [-0.05, 0) is 78.0 Å². The number of fused-ring (bicyclic) bond motifs is 4. The molecule has 0 unspecified atom stereocenters. The van der Waals surface area contributed by atoms with Gasteiger partial charge in [0, 0.05) is 12.0 Å². The van der Waals surface area contributed by atoms with Crippen LogP contribution in [-0.4, -0.2) is 64.8 Å². The van der Waals surface area contributed by atoms with Crippen molar-refractivity contribution < 1.29 is 42.0 Å². The Balaban J connectivity index is 1.51. The molecule has 1 amide bonds. The third-order valence-corrected chi connectivity index (χ3v) is 13.0. The van der Waals surface area contributed by atoms with Gasteiger partial charge in [0.2, 0.25) is 11.0 Å². The van der Waals surface area contributed by atoms with E-state index in [1.165, 1.54) is 35.6 Å². The summed E-state index contributed by atoms with van der Waals surface area (Å²) in [6.45, 7) is 6.81. The molecule has 6 atom stereocenters. The van der Waals surface area contributed by atoms with E-state index in [4.69, 9.17) is 18.3 Å². The molecule has 0 radical (unpaired) electrons. The molecule has 5 rings (SSSR count). The van der Waals surface area contributed by atoms with E-state index in [0.29, 0.717) is 41.1 Å². The number of ether oxygens (including phenoxy) is 2. The van der Waals surface area contributed by atoms with Crippen LogP contribution in [0.15, 0.2) is 48.9 Å². The number of amides is 1. The van der Waals surface area contributed by atoms with E-state index in [9.17, 15) is 28.5 Å². The van der Waals surface area contributed by atoms with Crippen molar-refractivity contribution in [2.75, 3.05) is 6.61 Å². The third-order valence-electron chi connectivity index (χ3n) is 8.61. The van der Waals surface area contributed by atoms with Crippen LogP contribution < -0.4 is 5.82 Å². The topological polar surface area (TPSA) is 166 Å². The van der Waals surface area contributed by atoms with Gasteiger partial charge in [0.15, 0.2) is 17.8 Å². The molecule has 4 bridgehead atoms. The third kappa shape index (κ3) is 7.55. The molecular formula is C32H38N2O10S3. The number of thioether (sulfide) groups is 1. The van der Waals surface area contributed by atoms with Crippen molar-refractivity contribution in [1.82, 2.24) is 9.29 Å². The SMILES string of the molecule is C/C1=C\[C@@H](O[C@@H]2CCCCO2)C(=O)/C=C/C=C\c2csc(n2)[C@@H](C)N2C(=O)C[C@@]([C@@](C)(O)C(=O)SCc3oc(=O)oc3C)(CC1)[S@@]2=O. The number of hydrogen-bond acceptors (Lipinski definition) is 13. The molecule has 47 heavy (non-hydrogen) atoms. The van der Waals surface area contributed by atoms with Crippen molar-refractivity contribution in [3.63, 3.8) is 0 Å². The number of carbonyl (C=O) groups excluding carboxylic acids is 3. The molecule has 1 N–H and O–H groups in total. The van der Waals surface area contributed by atoms with E-state index in [-0.39, 0.29) is 42.3 Å². The summed E-state index contributed by atoms with van der Waals surface area (Å²) in [5.41, 5.74) is -1.01. The van der Waals surface area contributed by atoms with Crippen LogP contribution in [0, 0.1) is 6.92 Å². The summed E-state index contributed by atoms with van der Waals surface area (Å²) in [5, 5.41) is 13.6. The normalized spacial score (nSPS) is 31.1. The van der Waals surface area contributed by atoms with Crippen molar-refractivity contribution in [2.24, 2.45) is 0 Å². The summed E-state index contributed by atoms with van der Waals surface area (Å²) in [4.78, 5) is 56.9. The lowest BCUT2D eigenvalue weighted by molar-refractivity contribution is -0.181. The number of carbonyl (C=O) groups is 3. The van der Waals surface area contributed by atoms with Crippen LogP contribution in [-0.2, 0) is 40.6 Å². The van der Waals surface area contributed by atoms with Crippen molar-refractivity contribution in [1.29, 1.82) is 0 Å². The molecule has 254 valence electrons. The first-order valence-electron chi connectivity index (χ1n) is 15.3. The van der Waals surface area contributed by atoms with Crippen LogP contribution in [0.4, 0.5) is 0 Å². The molecule has 12 nitrogen and oxygen atoms in total. The maximum absolute atomic E-state index is 14.5. The van der Waals surface area contributed by atoms with Crippen LogP contribution in [0.3, 0.4) is 0 Å². The van der Waals surface area contributed by atoms with Crippen LogP contribution >= 0.6 is 23.1 Å². The van der Waals surface area contributed by atoms with Crippen LogP contribution in [0.25, 0.3) is 6.08 Å². The van der Waals surface area contributed by atoms with Crippen molar-refractivity contribution in [3.05, 3.63) is 68.1 Å². The Hall–Kier alpha value is -2.95. The lowest BCUT2D eigenvalue weighted by Gasteiger charge is -2.39. The fraction of sp³-hybridized carbons (Fsp3) is 0.531. The van der Waals surface area contributed by atoms with Crippen molar-refractivity contribution in [3.8, 4) is 0 Å². The number of aliphatic hydroxyl groups is 1. The van der Waals surface area contributed by atoms with E-state index in [2.05, 4.69) is 4.98 Å². The first kappa shape index (κ1) is 35.4. The van der Waals surface area contributed by atoms with Gasteiger partial charge in [-0.2, -0.15) is 0 Å². The number of aryl methyl sites for hydroxylation is 1. The van der Waals surface area contributed by atoms with Gasteiger partial charge in [-0.25, -0.2) is 14.0 Å². The smallest absolute Gasteiger partial charge is 0.396 e. The molecule has 0 aliphatic carbocycles. The number of allylic oxidation sites excluding steroid dienone is 3. The number of thiazole rings is 1. The lowest BCUT2D eigenvalue weighted by atomic mass is 9.81. The number of hydrogen-bond donors (Lipinski definition) is 1.